The lowest BCUT2D eigenvalue weighted by Crippen LogP contribution is -1.72. The van der Waals surface area contributed by atoms with Crippen molar-refractivity contribution in [2.45, 2.75) is 6.92 Å². The number of hydrogen-bond donors (Lipinski definition) is 0. The predicted octanol–water partition coefficient (Wildman–Crippen LogP) is 0.497. The first-order valence-electron chi connectivity index (χ1n) is 2.29. The van der Waals surface area contributed by atoms with E-state index in [0.29, 0.717) is 0 Å². The quantitative estimate of drug-likeness (QED) is 0.401. The second kappa shape index (κ2) is 2.17. The molecule has 8 heavy (non-hydrogen) atoms. The van der Waals surface area contributed by atoms with E-state index in [0.717, 1.165) is 5.57 Å². The van der Waals surface area contributed by atoms with Crippen molar-refractivity contribution in [3.8, 4) is 11.8 Å². The number of allylic oxidation sites excluding steroid dienone is 1. The van der Waals surface area contributed by atoms with Crippen LogP contribution in [0.1, 0.15) is 6.92 Å². The maximum absolute atomic E-state index is 3.59. The minimum atomic E-state index is 0.882. The molecular formula is C6H5N2. The van der Waals surface area contributed by atoms with Gasteiger partial charge < -0.3 is 0 Å². The molecule has 0 N–H and O–H groups in total. The maximum atomic E-state index is 3.59. The molecule has 39 valence electrons. The normalized spacial score (nSPS) is 13.9. The predicted molar refractivity (Wildman–Crippen MR) is 32.2 cm³/mol. The summed E-state index contributed by atoms with van der Waals surface area (Å²) in [6.07, 6.45) is 3.27. The highest BCUT2D eigenvalue weighted by molar-refractivity contribution is 5.85. The van der Waals surface area contributed by atoms with Gasteiger partial charge in [-0.1, -0.05) is 5.92 Å². The number of nitrogens with zero attached hydrogens (tertiary/aromatic N) is 2. The second-order valence-corrected chi connectivity index (χ2v) is 1.32. The Morgan fingerprint density at radius 3 is 3.00 bits per heavy atom. The molecule has 0 aliphatic carbocycles. The molecule has 0 aromatic rings. The first-order valence-corrected chi connectivity index (χ1v) is 2.29. The zero-order chi connectivity index (χ0) is 5.82. The van der Waals surface area contributed by atoms with Crippen LogP contribution in [-0.2, 0) is 0 Å². The fourth-order valence-electron chi connectivity index (χ4n) is 0.433. The van der Waals surface area contributed by atoms with Gasteiger partial charge in [0.2, 0.25) is 0 Å². The van der Waals surface area contributed by atoms with Crippen molar-refractivity contribution < 1.29 is 0 Å². The molecule has 1 radical (unpaired) electrons. The summed E-state index contributed by atoms with van der Waals surface area (Å²) < 4.78 is 0. The van der Waals surface area contributed by atoms with Crippen LogP contribution in [0.5, 0.6) is 0 Å². The van der Waals surface area contributed by atoms with Crippen molar-refractivity contribution in [3.63, 3.8) is 0 Å². The molecule has 0 unspecified atom stereocenters. The Labute approximate surface area is 48.3 Å². The highest BCUT2D eigenvalue weighted by atomic mass is 15.3. The van der Waals surface area contributed by atoms with E-state index in [1.54, 1.807) is 19.3 Å². The zero-order valence-electron chi connectivity index (χ0n) is 4.55. The summed E-state index contributed by atoms with van der Waals surface area (Å²) in [7, 11) is 0. The summed E-state index contributed by atoms with van der Waals surface area (Å²) in [5, 5.41) is 3.59. The van der Waals surface area contributed by atoms with E-state index in [2.05, 4.69) is 22.4 Å². The number of rotatable bonds is 0. The van der Waals surface area contributed by atoms with Gasteiger partial charge >= 0.3 is 0 Å². The molecule has 0 saturated heterocycles. The first kappa shape index (κ1) is 4.92. The van der Waals surface area contributed by atoms with Crippen LogP contribution >= 0.6 is 0 Å². The topological polar surface area (TPSA) is 26.5 Å². The van der Waals surface area contributed by atoms with Gasteiger partial charge in [-0.15, -0.1) is 5.92 Å². The standard InChI is InChI=1S/C6H5N2/c1-2-3-6-4-7-8-5-6/h4-5H,1H3. The molecule has 0 saturated carbocycles. The molecule has 0 atom stereocenters. The SMILES string of the molecule is CC#CC1=C[N]N=C1. The van der Waals surface area contributed by atoms with E-state index in [1.807, 2.05) is 0 Å². The van der Waals surface area contributed by atoms with Crippen molar-refractivity contribution in [3.05, 3.63) is 11.8 Å². The Bertz CT molecular complexity index is 190. The Morgan fingerprint density at radius 1 is 1.62 bits per heavy atom. The lowest BCUT2D eigenvalue weighted by atomic mass is 10.3. The molecule has 1 rings (SSSR count). The summed E-state index contributed by atoms with van der Waals surface area (Å²) in [6.45, 7) is 1.78. The van der Waals surface area contributed by atoms with Crippen molar-refractivity contribution >= 4 is 6.21 Å². The van der Waals surface area contributed by atoms with Gasteiger partial charge in [0.05, 0.1) is 18.0 Å². The van der Waals surface area contributed by atoms with Crippen LogP contribution in [0, 0.1) is 11.8 Å². The van der Waals surface area contributed by atoms with E-state index in [9.17, 15) is 0 Å². The van der Waals surface area contributed by atoms with E-state index in [1.165, 1.54) is 0 Å². The van der Waals surface area contributed by atoms with Crippen LogP contribution in [0.4, 0.5) is 0 Å². The summed E-state index contributed by atoms with van der Waals surface area (Å²) in [5.74, 6) is 5.55. The largest absolute Gasteiger partial charge is 0.158 e. The highest BCUT2D eigenvalue weighted by Crippen LogP contribution is 1.91. The molecule has 0 fully saturated rings. The molecule has 1 heterocycles. The first-order chi connectivity index (χ1) is 3.93. The minimum absolute atomic E-state index is 0.882. The average Bonchev–Trinajstić information content (AvgIpc) is 2.19. The third-order valence-corrected chi connectivity index (χ3v) is 0.730. The van der Waals surface area contributed by atoms with Gasteiger partial charge in [-0.05, 0) is 6.92 Å². The van der Waals surface area contributed by atoms with Crippen molar-refractivity contribution in [1.29, 1.82) is 0 Å². The van der Waals surface area contributed by atoms with Crippen molar-refractivity contribution in [2.75, 3.05) is 0 Å². The second-order valence-electron chi connectivity index (χ2n) is 1.32. The molecule has 0 bridgehead atoms. The molecule has 1 aliphatic heterocycles. The van der Waals surface area contributed by atoms with Crippen LogP contribution < -0.4 is 5.43 Å². The smallest absolute Gasteiger partial charge is 0.0668 e. The summed E-state index contributed by atoms with van der Waals surface area (Å²) in [4.78, 5) is 0. The van der Waals surface area contributed by atoms with Crippen molar-refractivity contribution in [1.82, 2.24) is 5.43 Å². The van der Waals surface area contributed by atoms with E-state index < -0.39 is 0 Å². The Kier molecular flexibility index (Phi) is 1.34. The van der Waals surface area contributed by atoms with Crippen LogP contribution in [0.2, 0.25) is 0 Å². The fourth-order valence-corrected chi connectivity index (χ4v) is 0.433. The molecule has 1 aliphatic rings. The van der Waals surface area contributed by atoms with Gasteiger partial charge in [0.25, 0.3) is 0 Å². The van der Waals surface area contributed by atoms with Gasteiger partial charge in [-0.3, -0.25) is 0 Å². The zero-order valence-corrected chi connectivity index (χ0v) is 4.55. The molecule has 0 aromatic heterocycles. The Balaban J connectivity index is 2.68. The van der Waals surface area contributed by atoms with Gasteiger partial charge in [-0.25, -0.2) is 0 Å². The van der Waals surface area contributed by atoms with Crippen LogP contribution in [-0.4, -0.2) is 6.21 Å². The fraction of sp³-hybridized carbons (Fsp3) is 0.167. The average molecular weight is 105 g/mol. The van der Waals surface area contributed by atoms with Crippen LogP contribution in [0.15, 0.2) is 16.9 Å². The van der Waals surface area contributed by atoms with Crippen molar-refractivity contribution in [2.24, 2.45) is 5.10 Å². The molecule has 0 amide bonds. The van der Waals surface area contributed by atoms with Gasteiger partial charge in [-0.2, -0.15) is 10.5 Å². The van der Waals surface area contributed by atoms with Gasteiger partial charge in [0.1, 0.15) is 0 Å². The Hall–Kier alpha value is -1.23. The third kappa shape index (κ3) is 0.881. The molecule has 0 spiro atoms. The van der Waals surface area contributed by atoms with Crippen LogP contribution in [0.25, 0.3) is 0 Å². The molecule has 0 aromatic carbocycles. The monoisotopic (exact) mass is 105 g/mol. The van der Waals surface area contributed by atoms with E-state index >= 15 is 0 Å². The summed E-state index contributed by atoms with van der Waals surface area (Å²) in [6, 6.07) is 0. The Morgan fingerprint density at radius 2 is 2.50 bits per heavy atom. The van der Waals surface area contributed by atoms with Gasteiger partial charge in [0.15, 0.2) is 0 Å². The highest BCUT2D eigenvalue weighted by Gasteiger charge is 1.91. The molecular weight excluding hydrogens is 100 g/mol. The lowest BCUT2D eigenvalue weighted by Gasteiger charge is -1.70. The molecule has 2 heteroatoms. The van der Waals surface area contributed by atoms with Crippen LogP contribution in [0.3, 0.4) is 0 Å². The van der Waals surface area contributed by atoms with E-state index in [-0.39, 0.29) is 0 Å². The molecule has 2 nitrogen and oxygen atoms in total. The maximum Gasteiger partial charge on any atom is 0.0668 e. The lowest BCUT2D eigenvalue weighted by molar-refractivity contribution is 0.975. The number of hydrogen-bond acceptors (Lipinski definition) is 1. The third-order valence-electron chi connectivity index (χ3n) is 0.730. The van der Waals surface area contributed by atoms with E-state index in [4.69, 9.17) is 0 Å². The summed E-state index contributed by atoms with van der Waals surface area (Å²) in [5.41, 5.74) is 4.47. The summed E-state index contributed by atoms with van der Waals surface area (Å²) >= 11 is 0. The van der Waals surface area contributed by atoms with Gasteiger partial charge in [0, 0.05) is 0 Å². The minimum Gasteiger partial charge on any atom is -0.158 e.